The van der Waals surface area contributed by atoms with Crippen LogP contribution in [0.1, 0.15) is 40.3 Å². The number of methoxy groups -OCH3 is 2. The minimum atomic E-state index is -4.22. The second-order valence-corrected chi connectivity index (χ2v) is 7.48. The summed E-state index contributed by atoms with van der Waals surface area (Å²) in [6.07, 6.45) is 0. The van der Waals surface area contributed by atoms with Gasteiger partial charge in [0.25, 0.3) is 10.0 Å². The van der Waals surface area contributed by atoms with E-state index in [2.05, 4.69) is 4.72 Å². The number of furan rings is 1. The Bertz CT molecular complexity index is 1040. The van der Waals surface area contributed by atoms with E-state index in [4.69, 9.17) is 23.4 Å². The van der Waals surface area contributed by atoms with Crippen LogP contribution in [-0.4, -0.2) is 47.8 Å². The second kappa shape index (κ2) is 9.53. The van der Waals surface area contributed by atoms with Gasteiger partial charge >= 0.3 is 11.9 Å². The fourth-order valence-corrected chi connectivity index (χ4v) is 3.64. The molecule has 164 valence electrons. The number of anilines is 1. The number of carbonyl (C=O) groups excluding carboxylic acids is 2. The fourth-order valence-electron chi connectivity index (χ4n) is 2.63. The molecule has 0 aliphatic rings. The van der Waals surface area contributed by atoms with Gasteiger partial charge in [-0.1, -0.05) is 0 Å². The van der Waals surface area contributed by atoms with Gasteiger partial charge in [0.05, 0.1) is 32.3 Å². The number of hydrogen-bond donors (Lipinski definition) is 1. The molecule has 0 aliphatic carbocycles. The summed E-state index contributed by atoms with van der Waals surface area (Å²) in [6, 6.07) is 3.94. The zero-order valence-corrected chi connectivity index (χ0v) is 18.0. The van der Waals surface area contributed by atoms with Crippen molar-refractivity contribution in [2.24, 2.45) is 0 Å². The molecule has 0 atom stereocenters. The molecule has 1 N–H and O–H groups in total. The number of esters is 2. The third kappa shape index (κ3) is 4.67. The Balaban J connectivity index is 2.54. The van der Waals surface area contributed by atoms with Crippen LogP contribution in [-0.2, 0) is 19.5 Å². The number of aryl methyl sites for hydroxylation is 1. The molecule has 0 aliphatic heterocycles. The molecule has 30 heavy (non-hydrogen) atoms. The van der Waals surface area contributed by atoms with E-state index in [0.29, 0.717) is 5.75 Å². The zero-order valence-electron chi connectivity index (χ0n) is 17.2. The number of hydrogen-bond acceptors (Lipinski definition) is 9. The topological polar surface area (TPSA) is 130 Å². The Morgan fingerprint density at radius 2 is 1.53 bits per heavy atom. The summed E-state index contributed by atoms with van der Waals surface area (Å²) in [5.41, 5.74) is -0.572. The van der Waals surface area contributed by atoms with Crippen LogP contribution in [0.4, 0.5) is 5.88 Å². The monoisotopic (exact) mass is 441 g/mol. The second-order valence-electron chi connectivity index (χ2n) is 5.80. The SMILES string of the molecule is CCOC(=O)c1c(C)oc(NS(=O)(=O)c2ccc(OC)c(OC)c2)c1C(=O)OCC. The highest BCUT2D eigenvalue weighted by Gasteiger charge is 2.33. The van der Waals surface area contributed by atoms with E-state index in [9.17, 15) is 18.0 Å². The summed E-state index contributed by atoms with van der Waals surface area (Å²) < 4.78 is 53.5. The standard InChI is InChI=1S/C19H23NO9S/c1-6-27-18(21)15-11(3)29-17(16(15)19(22)28-7-2)20-30(23,24)12-8-9-13(25-4)14(10-12)26-5/h8-10,20H,6-7H2,1-5H3. The largest absolute Gasteiger partial charge is 0.493 e. The Morgan fingerprint density at radius 3 is 2.07 bits per heavy atom. The van der Waals surface area contributed by atoms with Gasteiger partial charge in [-0.25, -0.2) is 22.7 Å². The van der Waals surface area contributed by atoms with Crippen molar-refractivity contribution < 1.29 is 41.4 Å². The zero-order chi connectivity index (χ0) is 22.5. The Kier molecular flexibility index (Phi) is 7.33. The van der Waals surface area contributed by atoms with Crippen molar-refractivity contribution in [3.8, 4) is 11.5 Å². The van der Waals surface area contributed by atoms with Crippen LogP contribution in [0.3, 0.4) is 0 Å². The average molecular weight is 441 g/mol. The van der Waals surface area contributed by atoms with Crippen molar-refractivity contribution in [3.63, 3.8) is 0 Å². The molecule has 0 saturated carbocycles. The molecular weight excluding hydrogens is 418 g/mol. The summed E-state index contributed by atoms with van der Waals surface area (Å²) in [5, 5.41) is 0. The van der Waals surface area contributed by atoms with Crippen LogP contribution in [0.25, 0.3) is 0 Å². The van der Waals surface area contributed by atoms with Crippen LogP contribution in [0, 0.1) is 6.92 Å². The Morgan fingerprint density at radius 1 is 0.967 bits per heavy atom. The van der Waals surface area contributed by atoms with Gasteiger partial charge in [0.2, 0.25) is 5.88 Å². The average Bonchev–Trinajstić information content (AvgIpc) is 3.02. The minimum absolute atomic E-state index is 0.00140. The van der Waals surface area contributed by atoms with E-state index in [-0.39, 0.29) is 40.7 Å². The lowest BCUT2D eigenvalue weighted by Crippen LogP contribution is -2.18. The summed E-state index contributed by atoms with van der Waals surface area (Å²) in [6.45, 7) is 4.63. The third-order valence-corrected chi connectivity index (χ3v) is 5.26. The van der Waals surface area contributed by atoms with Gasteiger partial charge in [0, 0.05) is 6.07 Å². The lowest BCUT2D eigenvalue weighted by molar-refractivity contribution is 0.0480. The van der Waals surface area contributed by atoms with Gasteiger partial charge in [0.1, 0.15) is 16.9 Å². The van der Waals surface area contributed by atoms with Crippen LogP contribution in [0.5, 0.6) is 11.5 Å². The van der Waals surface area contributed by atoms with Gasteiger partial charge in [-0.05, 0) is 32.9 Å². The molecule has 10 nitrogen and oxygen atoms in total. The first-order valence-electron chi connectivity index (χ1n) is 8.92. The molecular formula is C19H23NO9S. The predicted octanol–water partition coefficient (Wildman–Crippen LogP) is 2.76. The maximum atomic E-state index is 12.9. The van der Waals surface area contributed by atoms with E-state index in [0.717, 1.165) is 0 Å². The van der Waals surface area contributed by atoms with Gasteiger partial charge in [-0.2, -0.15) is 0 Å². The molecule has 1 heterocycles. The minimum Gasteiger partial charge on any atom is -0.493 e. The maximum absolute atomic E-state index is 12.9. The highest BCUT2D eigenvalue weighted by atomic mass is 32.2. The number of carbonyl (C=O) groups is 2. The quantitative estimate of drug-likeness (QED) is 0.584. The first-order chi connectivity index (χ1) is 14.2. The summed E-state index contributed by atoms with van der Waals surface area (Å²) in [5.74, 6) is -1.69. The predicted molar refractivity (Wildman–Crippen MR) is 106 cm³/mol. The van der Waals surface area contributed by atoms with Crippen LogP contribution < -0.4 is 14.2 Å². The smallest absolute Gasteiger partial charge is 0.344 e. The number of nitrogens with one attached hydrogen (secondary N) is 1. The normalized spacial score (nSPS) is 11.0. The Hall–Kier alpha value is -3.21. The third-order valence-electron chi connectivity index (χ3n) is 3.94. The molecule has 2 rings (SSSR count). The number of benzene rings is 1. The van der Waals surface area contributed by atoms with Gasteiger partial charge in [-0.3, -0.25) is 0 Å². The van der Waals surface area contributed by atoms with Crippen molar-refractivity contribution in [1.82, 2.24) is 0 Å². The highest BCUT2D eigenvalue weighted by Crippen LogP contribution is 2.33. The lowest BCUT2D eigenvalue weighted by Gasteiger charge is -2.11. The van der Waals surface area contributed by atoms with Gasteiger partial charge in [-0.15, -0.1) is 0 Å². The van der Waals surface area contributed by atoms with Crippen molar-refractivity contribution in [3.05, 3.63) is 35.1 Å². The van der Waals surface area contributed by atoms with E-state index in [1.54, 1.807) is 13.8 Å². The summed E-state index contributed by atoms with van der Waals surface area (Å²) >= 11 is 0. The van der Waals surface area contributed by atoms with E-state index >= 15 is 0 Å². The van der Waals surface area contributed by atoms with Crippen LogP contribution >= 0.6 is 0 Å². The summed E-state index contributed by atoms with van der Waals surface area (Å²) in [7, 11) is -1.44. The fraction of sp³-hybridized carbons (Fsp3) is 0.368. The molecule has 0 radical (unpaired) electrons. The number of sulfonamides is 1. The molecule has 0 amide bonds. The summed E-state index contributed by atoms with van der Waals surface area (Å²) in [4.78, 5) is 24.6. The molecule has 0 unspecified atom stereocenters. The highest BCUT2D eigenvalue weighted by molar-refractivity contribution is 7.92. The van der Waals surface area contributed by atoms with Crippen LogP contribution in [0.2, 0.25) is 0 Å². The van der Waals surface area contributed by atoms with Gasteiger partial charge < -0.3 is 23.4 Å². The molecule has 11 heteroatoms. The van der Waals surface area contributed by atoms with E-state index in [1.165, 1.54) is 39.3 Å². The lowest BCUT2D eigenvalue weighted by atomic mass is 10.1. The molecule has 0 bridgehead atoms. The van der Waals surface area contributed by atoms with E-state index in [1.807, 2.05) is 0 Å². The van der Waals surface area contributed by atoms with Crippen LogP contribution in [0.15, 0.2) is 27.5 Å². The first kappa shape index (κ1) is 23.1. The number of rotatable bonds is 9. The molecule has 0 spiro atoms. The van der Waals surface area contributed by atoms with E-state index < -0.39 is 27.8 Å². The first-order valence-corrected chi connectivity index (χ1v) is 10.4. The van der Waals surface area contributed by atoms with Gasteiger partial charge in [0.15, 0.2) is 11.5 Å². The molecule has 2 aromatic rings. The molecule has 0 saturated heterocycles. The number of ether oxygens (including phenoxy) is 4. The molecule has 0 fully saturated rings. The molecule has 1 aromatic heterocycles. The van der Waals surface area contributed by atoms with Crippen molar-refractivity contribution in [2.45, 2.75) is 25.7 Å². The Labute approximate surface area is 174 Å². The van der Waals surface area contributed by atoms with Crippen molar-refractivity contribution >= 4 is 27.8 Å². The van der Waals surface area contributed by atoms with Crippen molar-refractivity contribution in [1.29, 1.82) is 0 Å². The molecule has 1 aromatic carbocycles. The van der Waals surface area contributed by atoms with Crippen molar-refractivity contribution in [2.75, 3.05) is 32.2 Å². The maximum Gasteiger partial charge on any atom is 0.344 e.